The lowest BCUT2D eigenvalue weighted by molar-refractivity contribution is 0.324. The molecule has 0 radical (unpaired) electrons. The van der Waals surface area contributed by atoms with Crippen LogP contribution in [0.2, 0.25) is 0 Å². The van der Waals surface area contributed by atoms with E-state index in [1.54, 1.807) is 13.2 Å². The van der Waals surface area contributed by atoms with Crippen LogP contribution in [-0.4, -0.2) is 20.8 Å². The van der Waals surface area contributed by atoms with E-state index in [1.165, 1.54) is 5.54 Å². The number of nitrogens with one attached hydrogen (secondary N) is 1. The van der Waals surface area contributed by atoms with Crippen LogP contribution in [0.15, 0.2) is 28.2 Å². The number of hydrogen-bond donors (Lipinski definition) is 1. The number of halogens is 2. The van der Waals surface area contributed by atoms with Gasteiger partial charge in [0.15, 0.2) is 11.5 Å². The molecule has 0 atom stereocenters. The molecule has 0 amide bonds. The second kappa shape index (κ2) is 7.58. The minimum absolute atomic E-state index is 0.407. The predicted molar refractivity (Wildman–Crippen MR) is 73.9 cm³/mol. The summed E-state index contributed by atoms with van der Waals surface area (Å²) < 4.78 is 11.7. The second-order valence-electron chi connectivity index (χ2n) is 3.31. The highest BCUT2D eigenvalue weighted by molar-refractivity contribution is 9.10. The molecule has 1 aromatic carbocycles. The second-order valence-corrected chi connectivity index (χ2v) is 4.42. The van der Waals surface area contributed by atoms with Gasteiger partial charge in [-0.1, -0.05) is 11.6 Å². The van der Waals surface area contributed by atoms with E-state index in [9.17, 15) is 0 Å². The van der Waals surface area contributed by atoms with Crippen molar-refractivity contribution in [2.24, 2.45) is 0 Å². The largest absolute Gasteiger partial charge is 0.493 e. The molecular weight excluding hydrogens is 305 g/mol. The number of methoxy groups -OCH3 is 1. The van der Waals surface area contributed by atoms with Crippen molar-refractivity contribution in [3.05, 3.63) is 33.8 Å². The van der Waals surface area contributed by atoms with Crippen molar-refractivity contribution in [3.8, 4) is 11.5 Å². The highest BCUT2D eigenvalue weighted by Crippen LogP contribution is 2.36. The third kappa shape index (κ3) is 4.22. The maximum atomic E-state index is 5.57. The molecule has 0 aliphatic carbocycles. The van der Waals surface area contributed by atoms with Crippen LogP contribution in [0.3, 0.4) is 0 Å². The van der Waals surface area contributed by atoms with Gasteiger partial charge in [0, 0.05) is 12.1 Å². The zero-order valence-electron chi connectivity index (χ0n) is 9.80. The fraction of sp³-hybridized carbons (Fsp3) is 0.333. The summed E-state index contributed by atoms with van der Waals surface area (Å²) in [5.74, 6) is 1.38. The molecule has 0 bridgehead atoms. The molecule has 0 fully saturated rings. The lowest BCUT2D eigenvalue weighted by Gasteiger charge is -2.13. The zero-order valence-corrected chi connectivity index (χ0v) is 12.1. The first-order valence-electron chi connectivity index (χ1n) is 5.12. The summed E-state index contributed by atoms with van der Waals surface area (Å²) >= 11 is 8.91. The Hall–Kier alpha value is -0.710. The number of rotatable bonds is 6. The van der Waals surface area contributed by atoms with Crippen LogP contribution >= 0.6 is 27.5 Å². The molecule has 0 spiro atoms. The Labute approximate surface area is 115 Å². The van der Waals surface area contributed by atoms with Gasteiger partial charge in [-0.3, -0.25) is 0 Å². The summed E-state index contributed by atoms with van der Waals surface area (Å²) in [6, 6.07) is 3.94. The molecule has 1 aromatic rings. The van der Waals surface area contributed by atoms with Crippen LogP contribution < -0.4 is 14.8 Å². The molecule has 0 aromatic heterocycles. The number of benzene rings is 1. The molecule has 1 rings (SSSR count). The standard InChI is InChI=1S/C12H15BrClNO2/c1-15-8-9-6-10(13)12(11(7-9)16-2)17-5-3-4-14/h3-4,6-7,15H,5,8H2,1-2H3/b4-3+. The summed E-state index contributed by atoms with van der Waals surface area (Å²) in [6.45, 7) is 1.18. The molecule has 0 aliphatic rings. The van der Waals surface area contributed by atoms with E-state index in [0.717, 1.165) is 16.6 Å². The van der Waals surface area contributed by atoms with E-state index >= 15 is 0 Å². The van der Waals surface area contributed by atoms with E-state index in [2.05, 4.69) is 21.2 Å². The third-order valence-corrected chi connectivity index (χ3v) is 2.85. The van der Waals surface area contributed by atoms with Crippen molar-refractivity contribution in [2.45, 2.75) is 6.54 Å². The van der Waals surface area contributed by atoms with Gasteiger partial charge in [-0.05, 0) is 46.7 Å². The van der Waals surface area contributed by atoms with E-state index in [-0.39, 0.29) is 0 Å². The topological polar surface area (TPSA) is 30.5 Å². The highest BCUT2D eigenvalue weighted by atomic mass is 79.9. The summed E-state index contributed by atoms with van der Waals surface area (Å²) in [6.07, 6.45) is 1.72. The molecule has 3 nitrogen and oxygen atoms in total. The molecular formula is C12H15BrClNO2. The van der Waals surface area contributed by atoms with Crippen LogP contribution in [0.1, 0.15) is 5.56 Å². The number of ether oxygens (including phenoxy) is 2. The molecule has 94 valence electrons. The SMILES string of the molecule is CNCc1cc(Br)c(OC/C=C/Cl)c(OC)c1. The van der Waals surface area contributed by atoms with Gasteiger partial charge in [0.1, 0.15) is 6.61 Å². The van der Waals surface area contributed by atoms with Crippen LogP contribution in [0.25, 0.3) is 0 Å². The van der Waals surface area contributed by atoms with Gasteiger partial charge in [0.05, 0.1) is 11.6 Å². The monoisotopic (exact) mass is 319 g/mol. The van der Waals surface area contributed by atoms with Crippen molar-refractivity contribution in [1.82, 2.24) is 5.32 Å². The number of hydrogen-bond acceptors (Lipinski definition) is 3. The molecule has 0 heterocycles. The van der Waals surface area contributed by atoms with Crippen molar-refractivity contribution < 1.29 is 9.47 Å². The Morgan fingerprint density at radius 3 is 2.82 bits per heavy atom. The molecule has 0 unspecified atom stereocenters. The van der Waals surface area contributed by atoms with Crippen LogP contribution in [0.5, 0.6) is 11.5 Å². The maximum absolute atomic E-state index is 5.57. The minimum atomic E-state index is 0.407. The van der Waals surface area contributed by atoms with Gasteiger partial charge >= 0.3 is 0 Å². The Kier molecular flexibility index (Phi) is 6.40. The Morgan fingerprint density at radius 1 is 1.47 bits per heavy atom. The van der Waals surface area contributed by atoms with Gasteiger partial charge in [0.2, 0.25) is 0 Å². The summed E-state index contributed by atoms with van der Waals surface area (Å²) in [4.78, 5) is 0. The molecule has 0 saturated carbocycles. The lowest BCUT2D eigenvalue weighted by atomic mass is 10.2. The van der Waals surface area contributed by atoms with E-state index < -0.39 is 0 Å². The molecule has 17 heavy (non-hydrogen) atoms. The Bertz CT molecular complexity index is 396. The molecule has 0 aliphatic heterocycles. The lowest BCUT2D eigenvalue weighted by Crippen LogP contribution is -2.06. The van der Waals surface area contributed by atoms with Gasteiger partial charge in [0.25, 0.3) is 0 Å². The fourth-order valence-corrected chi connectivity index (χ4v) is 2.06. The molecule has 5 heteroatoms. The fourth-order valence-electron chi connectivity index (χ4n) is 1.39. The summed E-state index contributed by atoms with van der Waals surface area (Å²) in [5.41, 5.74) is 2.55. The van der Waals surface area contributed by atoms with Crippen molar-refractivity contribution >= 4 is 27.5 Å². The highest BCUT2D eigenvalue weighted by Gasteiger charge is 2.10. The quantitative estimate of drug-likeness (QED) is 0.872. The predicted octanol–water partition coefficient (Wildman–Crippen LogP) is 3.31. The van der Waals surface area contributed by atoms with Gasteiger partial charge in [-0.2, -0.15) is 0 Å². The first kappa shape index (κ1) is 14.4. The molecule has 1 N–H and O–H groups in total. The zero-order chi connectivity index (χ0) is 12.7. The van der Waals surface area contributed by atoms with Crippen molar-refractivity contribution in [3.63, 3.8) is 0 Å². The smallest absolute Gasteiger partial charge is 0.175 e. The Balaban J connectivity index is 2.94. The average Bonchev–Trinajstić information content (AvgIpc) is 2.32. The van der Waals surface area contributed by atoms with Gasteiger partial charge < -0.3 is 14.8 Å². The normalized spacial score (nSPS) is 10.8. The molecule has 0 saturated heterocycles. The van der Waals surface area contributed by atoms with Gasteiger partial charge in [-0.15, -0.1) is 0 Å². The Morgan fingerprint density at radius 2 is 2.24 bits per heavy atom. The summed E-state index contributed by atoms with van der Waals surface area (Å²) in [7, 11) is 3.52. The van der Waals surface area contributed by atoms with E-state index in [4.69, 9.17) is 21.1 Å². The van der Waals surface area contributed by atoms with E-state index in [0.29, 0.717) is 18.1 Å². The van der Waals surface area contributed by atoms with Gasteiger partial charge in [-0.25, -0.2) is 0 Å². The summed E-state index contributed by atoms with van der Waals surface area (Å²) in [5, 5.41) is 3.09. The average molecular weight is 321 g/mol. The first-order chi connectivity index (χ1) is 8.22. The van der Waals surface area contributed by atoms with E-state index in [1.807, 2.05) is 19.2 Å². The van der Waals surface area contributed by atoms with Crippen molar-refractivity contribution in [1.29, 1.82) is 0 Å². The minimum Gasteiger partial charge on any atom is -0.493 e. The maximum Gasteiger partial charge on any atom is 0.175 e. The van der Waals surface area contributed by atoms with Crippen molar-refractivity contribution in [2.75, 3.05) is 20.8 Å². The first-order valence-corrected chi connectivity index (χ1v) is 6.35. The van der Waals surface area contributed by atoms with Crippen LogP contribution in [0, 0.1) is 0 Å². The third-order valence-electron chi connectivity index (χ3n) is 2.08. The van der Waals surface area contributed by atoms with Crippen LogP contribution in [-0.2, 0) is 6.54 Å². The van der Waals surface area contributed by atoms with Crippen LogP contribution in [0.4, 0.5) is 0 Å².